The highest BCUT2D eigenvalue weighted by Gasteiger charge is 2.33. The summed E-state index contributed by atoms with van der Waals surface area (Å²) in [5, 5.41) is 3.75. The molecule has 240 valence electrons. The normalized spacial score (nSPS) is 15.1. The molecular weight excluding hydrogens is 664 g/mol. The van der Waals surface area contributed by atoms with Crippen molar-refractivity contribution in [1.29, 1.82) is 0 Å². The number of carbonyl (C=O) groups is 2. The van der Waals surface area contributed by atoms with Gasteiger partial charge in [0.15, 0.2) is 8.96 Å². The summed E-state index contributed by atoms with van der Waals surface area (Å²) < 4.78 is 43.3. The Bertz CT molecular complexity index is 1860. The van der Waals surface area contributed by atoms with Crippen LogP contribution in [0, 0.1) is 0 Å². The second-order valence-electron chi connectivity index (χ2n) is 10.6. The minimum atomic E-state index is -4.82. The maximum atomic E-state index is 14.1. The number of hydrogen-bond acceptors (Lipinski definition) is 7. The SMILES string of the molecule is CNC(=O)c1ccc(-n2c(N[Si@@H](C)c3ccc(OC(F)(F)F)cc3)nc3c(c2=O)C[C@@H](C)N(C(=O)c2ccc(Cl)c(Cl)c2)C3)cn1. The molecule has 0 saturated carbocycles. The van der Waals surface area contributed by atoms with E-state index in [-0.39, 0.29) is 52.9 Å². The van der Waals surface area contributed by atoms with Gasteiger partial charge in [0.1, 0.15) is 11.4 Å². The molecule has 2 atom stereocenters. The minimum Gasteiger partial charge on any atom is -0.406 e. The minimum absolute atomic E-state index is 0.0353. The third kappa shape index (κ3) is 7.03. The summed E-state index contributed by atoms with van der Waals surface area (Å²) in [6.45, 7) is 3.74. The van der Waals surface area contributed by atoms with Crippen LogP contribution in [0.1, 0.15) is 39.0 Å². The highest BCUT2D eigenvalue weighted by molar-refractivity contribution is 6.74. The van der Waals surface area contributed by atoms with E-state index in [1.54, 1.807) is 17.0 Å². The van der Waals surface area contributed by atoms with E-state index in [1.165, 1.54) is 60.3 Å². The molecule has 5 rings (SSSR count). The van der Waals surface area contributed by atoms with Gasteiger partial charge in [-0.05, 0) is 61.0 Å². The van der Waals surface area contributed by atoms with Crippen LogP contribution in [0.5, 0.6) is 5.75 Å². The molecule has 16 heteroatoms. The van der Waals surface area contributed by atoms with Crippen LogP contribution in [0.25, 0.3) is 5.69 Å². The predicted molar refractivity (Wildman–Crippen MR) is 170 cm³/mol. The van der Waals surface area contributed by atoms with Crippen molar-refractivity contribution in [2.24, 2.45) is 0 Å². The van der Waals surface area contributed by atoms with Crippen LogP contribution in [0.15, 0.2) is 65.6 Å². The number of ether oxygens (including phenoxy) is 1. The number of nitrogens with one attached hydrogen (secondary N) is 2. The number of fused-ring (bicyclic) bond motifs is 1. The zero-order valence-electron chi connectivity index (χ0n) is 24.7. The van der Waals surface area contributed by atoms with Crippen molar-refractivity contribution in [3.05, 3.63) is 104 Å². The van der Waals surface area contributed by atoms with Gasteiger partial charge in [-0.25, -0.2) is 14.5 Å². The van der Waals surface area contributed by atoms with Gasteiger partial charge >= 0.3 is 6.36 Å². The maximum absolute atomic E-state index is 14.1. The Morgan fingerprint density at radius 1 is 1.07 bits per heavy atom. The molecule has 1 aliphatic heterocycles. The molecule has 0 saturated heterocycles. The Balaban J connectivity index is 1.54. The van der Waals surface area contributed by atoms with E-state index in [2.05, 4.69) is 20.0 Å². The van der Waals surface area contributed by atoms with Crippen LogP contribution in [0.3, 0.4) is 0 Å². The fourth-order valence-electron chi connectivity index (χ4n) is 5.08. The number of pyridine rings is 1. The Morgan fingerprint density at radius 3 is 2.39 bits per heavy atom. The van der Waals surface area contributed by atoms with Crippen molar-refractivity contribution in [2.45, 2.75) is 38.8 Å². The van der Waals surface area contributed by atoms with E-state index in [9.17, 15) is 27.6 Å². The molecular formula is C30H27Cl2F3N6O4Si. The first kappa shape index (κ1) is 33.0. The molecule has 0 unspecified atom stereocenters. The van der Waals surface area contributed by atoms with E-state index in [0.29, 0.717) is 32.7 Å². The molecule has 0 bridgehead atoms. The van der Waals surface area contributed by atoms with Gasteiger partial charge in [-0.1, -0.05) is 41.9 Å². The van der Waals surface area contributed by atoms with Crippen molar-refractivity contribution in [1.82, 2.24) is 24.8 Å². The molecule has 4 aromatic rings. The standard InChI is InChI=1S/C30H27Cl2F3N6O4Si/c1-16-12-21-25(15-40(16)27(43)17-4-10-22(31)23(32)13-17)38-29(39-46(3)20-8-6-19(7-9-20)45-30(33,34)35)41(28(21)44)18-5-11-24(37-14-18)26(42)36-2/h4-11,13-14,16,46H,12,15H2,1-3H3,(H,36,42)(H,38,39)/t16-,46+/m1/s1. The second-order valence-corrected chi connectivity index (χ2v) is 13.8. The number of aromatic nitrogens is 3. The Morgan fingerprint density at radius 2 is 1.78 bits per heavy atom. The first-order valence-corrected chi connectivity index (χ1v) is 17.0. The van der Waals surface area contributed by atoms with E-state index >= 15 is 0 Å². The molecule has 2 aromatic carbocycles. The van der Waals surface area contributed by atoms with Gasteiger partial charge in [0.05, 0.1) is 34.2 Å². The lowest BCUT2D eigenvalue weighted by Crippen LogP contribution is -2.46. The average molecular weight is 692 g/mol. The first-order chi connectivity index (χ1) is 21.8. The number of hydrogen-bond donors (Lipinski definition) is 2. The highest BCUT2D eigenvalue weighted by Crippen LogP contribution is 2.28. The summed E-state index contributed by atoms with van der Waals surface area (Å²) in [5.74, 6) is -0.913. The fourth-order valence-corrected chi connectivity index (χ4v) is 6.89. The fraction of sp³-hybridized carbons (Fsp3) is 0.233. The van der Waals surface area contributed by atoms with Gasteiger partial charge in [0, 0.05) is 24.2 Å². The zero-order valence-corrected chi connectivity index (χ0v) is 27.3. The van der Waals surface area contributed by atoms with Crippen molar-refractivity contribution < 1.29 is 27.5 Å². The number of amides is 2. The van der Waals surface area contributed by atoms with Crippen molar-refractivity contribution in [2.75, 3.05) is 12.0 Å². The predicted octanol–water partition coefficient (Wildman–Crippen LogP) is 4.45. The van der Waals surface area contributed by atoms with E-state index in [4.69, 9.17) is 28.2 Å². The van der Waals surface area contributed by atoms with Crippen LogP contribution in [0.2, 0.25) is 16.6 Å². The van der Waals surface area contributed by atoms with Crippen molar-refractivity contribution >= 4 is 55.1 Å². The van der Waals surface area contributed by atoms with Gasteiger partial charge < -0.3 is 19.9 Å². The molecule has 0 radical (unpaired) electrons. The molecule has 2 aromatic heterocycles. The van der Waals surface area contributed by atoms with Gasteiger partial charge in [-0.2, -0.15) is 0 Å². The summed E-state index contributed by atoms with van der Waals surface area (Å²) >= 11 is 12.2. The van der Waals surface area contributed by atoms with Gasteiger partial charge in [-0.3, -0.25) is 14.4 Å². The second kappa shape index (κ2) is 13.1. The molecule has 2 N–H and O–H groups in total. The molecule has 46 heavy (non-hydrogen) atoms. The quantitative estimate of drug-likeness (QED) is 0.275. The molecule has 10 nitrogen and oxygen atoms in total. The Labute approximate surface area is 272 Å². The van der Waals surface area contributed by atoms with Gasteiger partial charge in [-0.15, -0.1) is 13.2 Å². The van der Waals surface area contributed by atoms with Gasteiger partial charge in [0.2, 0.25) is 5.95 Å². The number of alkyl halides is 3. The van der Waals surface area contributed by atoms with Crippen LogP contribution in [-0.2, 0) is 13.0 Å². The smallest absolute Gasteiger partial charge is 0.406 e. The summed E-state index contributed by atoms with van der Waals surface area (Å²) in [6.07, 6.45) is -3.22. The molecule has 3 heterocycles. The molecule has 0 aliphatic carbocycles. The summed E-state index contributed by atoms with van der Waals surface area (Å²) in [6, 6.07) is 12.8. The number of halogens is 5. The summed E-state index contributed by atoms with van der Waals surface area (Å²) in [4.78, 5) is 53.6. The van der Waals surface area contributed by atoms with Crippen LogP contribution < -0.4 is 25.8 Å². The lowest BCUT2D eigenvalue weighted by Gasteiger charge is -2.35. The molecule has 0 fully saturated rings. The Hall–Kier alpha value is -4.40. The molecule has 0 spiro atoms. The first-order valence-electron chi connectivity index (χ1n) is 14.0. The number of anilines is 1. The van der Waals surface area contributed by atoms with E-state index < -0.39 is 21.2 Å². The third-order valence-electron chi connectivity index (χ3n) is 7.47. The van der Waals surface area contributed by atoms with Crippen LogP contribution in [0.4, 0.5) is 19.1 Å². The zero-order chi connectivity index (χ0) is 33.3. The van der Waals surface area contributed by atoms with Gasteiger partial charge in [0.25, 0.3) is 17.4 Å². The van der Waals surface area contributed by atoms with Crippen LogP contribution in [-0.4, -0.2) is 59.7 Å². The lowest BCUT2D eigenvalue weighted by atomic mass is 9.98. The monoisotopic (exact) mass is 690 g/mol. The Kier molecular flexibility index (Phi) is 9.42. The molecule has 2 amide bonds. The lowest BCUT2D eigenvalue weighted by molar-refractivity contribution is -0.274. The van der Waals surface area contributed by atoms with E-state index in [1.807, 2.05) is 13.5 Å². The number of nitrogens with zero attached hydrogens (tertiary/aromatic N) is 4. The highest BCUT2D eigenvalue weighted by atomic mass is 35.5. The maximum Gasteiger partial charge on any atom is 0.573 e. The van der Waals surface area contributed by atoms with Crippen molar-refractivity contribution in [3.63, 3.8) is 0 Å². The largest absolute Gasteiger partial charge is 0.573 e. The number of benzene rings is 2. The van der Waals surface area contributed by atoms with Crippen molar-refractivity contribution in [3.8, 4) is 11.4 Å². The summed E-state index contributed by atoms with van der Waals surface area (Å²) in [5.41, 5.74) is 1.24. The number of carbonyl (C=O) groups excluding carboxylic acids is 2. The molecule has 1 aliphatic rings. The van der Waals surface area contributed by atoms with E-state index in [0.717, 1.165) is 0 Å². The average Bonchev–Trinajstić information content (AvgIpc) is 3.01. The summed E-state index contributed by atoms with van der Waals surface area (Å²) in [7, 11) is -0.737. The third-order valence-corrected chi connectivity index (χ3v) is 10.3. The number of rotatable bonds is 7. The van der Waals surface area contributed by atoms with Crippen LogP contribution >= 0.6 is 23.2 Å². The topological polar surface area (TPSA) is 118 Å².